The lowest BCUT2D eigenvalue weighted by atomic mass is 10.0. The quantitative estimate of drug-likeness (QED) is 0.844. The summed E-state index contributed by atoms with van der Waals surface area (Å²) >= 11 is 0. The summed E-state index contributed by atoms with van der Waals surface area (Å²) in [5.74, 6) is 1.04. The van der Waals surface area contributed by atoms with Crippen LogP contribution in [0.1, 0.15) is 17.2 Å². The molecule has 3 rings (SSSR count). The highest BCUT2D eigenvalue weighted by Crippen LogP contribution is 2.32. The first kappa shape index (κ1) is 18.7. The van der Waals surface area contributed by atoms with E-state index in [0.29, 0.717) is 25.5 Å². The Kier molecular flexibility index (Phi) is 5.93. The van der Waals surface area contributed by atoms with E-state index in [4.69, 9.17) is 9.47 Å². The number of amides is 3. The maximum Gasteiger partial charge on any atom is 0.321 e. The van der Waals surface area contributed by atoms with Crippen molar-refractivity contribution in [3.8, 4) is 11.5 Å². The van der Waals surface area contributed by atoms with Crippen LogP contribution in [0.3, 0.4) is 0 Å². The van der Waals surface area contributed by atoms with Gasteiger partial charge < -0.3 is 14.8 Å². The average molecular weight is 369 g/mol. The van der Waals surface area contributed by atoms with Crippen LogP contribution >= 0.6 is 0 Å². The van der Waals surface area contributed by atoms with Crippen LogP contribution in [-0.2, 0) is 11.3 Å². The van der Waals surface area contributed by atoms with E-state index in [0.717, 1.165) is 16.9 Å². The normalized spacial score (nSPS) is 13.7. The largest absolute Gasteiger partial charge is 0.486 e. The minimum atomic E-state index is -0.614. The third-order valence-corrected chi connectivity index (χ3v) is 4.31. The van der Waals surface area contributed by atoms with Crippen LogP contribution in [0.15, 0.2) is 48.5 Å². The number of carbonyl (C=O) groups excluding carboxylic acids is 2. The fourth-order valence-corrected chi connectivity index (χ4v) is 3.05. The Balaban J connectivity index is 1.81. The first-order valence-corrected chi connectivity index (χ1v) is 8.75. The minimum absolute atomic E-state index is 0.388. The number of rotatable bonds is 5. The zero-order valence-corrected chi connectivity index (χ0v) is 15.4. The first-order chi connectivity index (χ1) is 13.1. The van der Waals surface area contributed by atoms with Gasteiger partial charge in [-0.05, 0) is 30.3 Å². The van der Waals surface area contributed by atoms with Crippen molar-refractivity contribution in [2.24, 2.45) is 0 Å². The van der Waals surface area contributed by atoms with E-state index in [1.54, 1.807) is 0 Å². The fourth-order valence-electron chi connectivity index (χ4n) is 3.05. The summed E-state index contributed by atoms with van der Waals surface area (Å²) in [4.78, 5) is 26.2. The molecular weight excluding hydrogens is 346 g/mol. The van der Waals surface area contributed by atoms with Gasteiger partial charge in [-0.25, -0.2) is 4.79 Å². The molecule has 0 fully saturated rings. The van der Waals surface area contributed by atoms with Crippen LogP contribution in [-0.4, -0.2) is 44.1 Å². The number of fused-ring (bicyclic) bond motifs is 1. The van der Waals surface area contributed by atoms with E-state index in [1.807, 2.05) is 60.5 Å². The molecule has 0 saturated heterocycles. The number of likely N-dealkylation sites (N-methyl/N-ethyl adjacent to an activating group) is 1. The summed E-state index contributed by atoms with van der Waals surface area (Å²) in [6, 6.07) is 14.0. The summed E-state index contributed by atoms with van der Waals surface area (Å²) in [6.07, 6.45) is 0. The molecule has 0 radical (unpaired) electrons. The second-order valence-corrected chi connectivity index (χ2v) is 6.27. The minimum Gasteiger partial charge on any atom is -0.486 e. The van der Waals surface area contributed by atoms with Crippen LogP contribution < -0.4 is 20.1 Å². The van der Waals surface area contributed by atoms with Crippen molar-refractivity contribution in [1.82, 2.24) is 15.5 Å². The third-order valence-electron chi connectivity index (χ3n) is 4.31. The van der Waals surface area contributed by atoms with Gasteiger partial charge in [-0.1, -0.05) is 36.4 Å². The van der Waals surface area contributed by atoms with Crippen molar-refractivity contribution in [3.05, 3.63) is 59.7 Å². The van der Waals surface area contributed by atoms with Crippen molar-refractivity contribution < 1.29 is 19.1 Å². The SMILES string of the molecule is CNC(=O)NC(=O)[C@H](c1ccccc1)N(C)Cc1ccc2c(c1)OCCO2. The van der Waals surface area contributed by atoms with Gasteiger partial charge in [-0.15, -0.1) is 0 Å². The molecule has 0 aliphatic carbocycles. The van der Waals surface area contributed by atoms with Gasteiger partial charge in [0.15, 0.2) is 11.5 Å². The molecule has 1 heterocycles. The van der Waals surface area contributed by atoms with Gasteiger partial charge in [0.2, 0.25) is 5.91 Å². The number of ether oxygens (including phenoxy) is 2. The van der Waals surface area contributed by atoms with Crippen molar-refractivity contribution in [1.29, 1.82) is 0 Å². The molecule has 0 spiro atoms. The van der Waals surface area contributed by atoms with E-state index in [9.17, 15) is 9.59 Å². The zero-order chi connectivity index (χ0) is 19.2. The Morgan fingerprint density at radius 3 is 2.48 bits per heavy atom. The average Bonchev–Trinajstić information content (AvgIpc) is 2.68. The molecule has 0 aromatic heterocycles. The molecule has 2 aromatic rings. The number of benzene rings is 2. The molecule has 7 nitrogen and oxygen atoms in total. The first-order valence-electron chi connectivity index (χ1n) is 8.75. The summed E-state index contributed by atoms with van der Waals surface area (Å²) in [6.45, 7) is 1.56. The van der Waals surface area contributed by atoms with Crippen LogP contribution in [0.25, 0.3) is 0 Å². The zero-order valence-electron chi connectivity index (χ0n) is 15.4. The Hall–Kier alpha value is -3.06. The van der Waals surface area contributed by atoms with Crippen molar-refractivity contribution in [3.63, 3.8) is 0 Å². The van der Waals surface area contributed by atoms with Crippen molar-refractivity contribution in [2.45, 2.75) is 12.6 Å². The Bertz CT molecular complexity index is 810. The van der Waals surface area contributed by atoms with E-state index in [2.05, 4.69) is 10.6 Å². The number of hydrogen-bond acceptors (Lipinski definition) is 5. The van der Waals surface area contributed by atoms with Crippen LogP contribution in [0, 0.1) is 0 Å². The summed E-state index contributed by atoms with van der Waals surface area (Å²) in [5, 5.41) is 4.77. The molecule has 142 valence electrons. The molecule has 1 atom stereocenters. The van der Waals surface area contributed by atoms with Gasteiger partial charge in [0, 0.05) is 13.6 Å². The van der Waals surface area contributed by atoms with Crippen LogP contribution in [0.2, 0.25) is 0 Å². The van der Waals surface area contributed by atoms with E-state index in [-0.39, 0.29) is 5.91 Å². The Morgan fingerprint density at radius 2 is 1.78 bits per heavy atom. The number of carbonyl (C=O) groups is 2. The highest BCUT2D eigenvalue weighted by atomic mass is 16.6. The van der Waals surface area contributed by atoms with Gasteiger partial charge in [0.05, 0.1) is 0 Å². The predicted molar refractivity (Wildman–Crippen MR) is 101 cm³/mol. The highest BCUT2D eigenvalue weighted by molar-refractivity contribution is 5.97. The summed E-state index contributed by atoms with van der Waals surface area (Å²) in [7, 11) is 3.32. The van der Waals surface area contributed by atoms with E-state index >= 15 is 0 Å². The summed E-state index contributed by atoms with van der Waals surface area (Å²) in [5.41, 5.74) is 1.79. The molecule has 7 heteroatoms. The number of nitrogens with one attached hydrogen (secondary N) is 2. The van der Waals surface area contributed by atoms with Gasteiger partial charge in [0.1, 0.15) is 19.3 Å². The van der Waals surface area contributed by atoms with Crippen LogP contribution in [0.4, 0.5) is 4.79 Å². The molecule has 2 aromatic carbocycles. The highest BCUT2D eigenvalue weighted by Gasteiger charge is 2.26. The second-order valence-electron chi connectivity index (χ2n) is 6.27. The van der Waals surface area contributed by atoms with Crippen LogP contribution in [0.5, 0.6) is 11.5 Å². The molecule has 0 saturated carbocycles. The Morgan fingerprint density at radius 1 is 1.07 bits per heavy atom. The van der Waals surface area contributed by atoms with Crippen molar-refractivity contribution in [2.75, 3.05) is 27.3 Å². The molecule has 3 amide bonds. The molecule has 0 bridgehead atoms. The standard InChI is InChI=1S/C20H23N3O4/c1-21-20(25)22-19(24)18(15-6-4-3-5-7-15)23(2)13-14-8-9-16-17(12-14)27-11-10-26-16/h3-9,12,18H,10-11,13H2,1-2H3,(H2,21,22,24,25)/t18-/m0/s1. The molecular formula is C20H23N3O4. The van der Waals surface area contributed by atoms with E-state index < -0.39 is 12.1 Å². The maximum atomic E-state index is 12.7. The number of urea groups is 1. The van der Waals surface area contributed by atoms with E-state index in [1.165, 1.54) is 7.05 Å². The van der Waals surface area contributed by atoms with Gasteiger partial charge in [-0.3, -0.25) is 15.0 Å². The summed E-state index contributed by atoms with van der Waals surface area (Å²) < 4.78 is 11.2. The lowest BCUT2D eigenvalue weighted by Gasteiger charge is -2.28. The topological polar surface area (TPSA) is 79.9 Å². The van der Waals surface area contributed by atoms with Gasteiger partial charge in [-0.2, -0.15) is 0 Å². The third kappa shape index (κ3) is 4.57. The lowest BCUT2D eigenvalue weighted by molar-refractivity contribution is -0.125. The molecule has 27 heavy (non-hydrogen) atoms. The fraction of sp³-hybridized carbons (Fsp3) is 0.300. The van der Waals surface area contributed by atoms with Gasteiger partial charge >= 0.3 is 6.03 Å². The van der Waals surface area contributed by atoms with Crippen molar-refractivity contribution >= 4 is 11.9 Å². The second kappa shape index (κ2) is 8.55. The number of hydrogen-bond donors (Lipinski definition) is 2. The van der Waals surface area contributed by atoms with Gasteiger partial charge in [0.25, 0.3) is 0 Å². The number of nitrogens with zero attached hydrogens (tertiary/aromatic N) is 1. The monoisotopic (exact) mass is 369 g/mol. The molecule has 1 aliphatic heterocycles. The molecule has 1 aliphatic rings. The smallest absolute Gasteiger partial charge is 0.321 e. The predicted octanol–water partition coefficient (Wildman–Crippen LogP) is 2.09. The molecule has 2 N–H and O–H groups in total. The lowest BCUT2D eigenvalue weighted by Crippen LogP contribution is -2.44. The maximum absolute atomic E-state index is 12.7. The molecule has 0 unspecified atom stereocenters. The Labute approximate surface area is 158 Å². The number of imide groups is 1.